The fraction of sp³-hybridized carbons (Fsp3) is 0.526. The van der Waals surface area contributed by atoms with Crippen molar-refractivity contribution in [3.05, 3.63) is 45.3 Å². The summed E-state index contributed by atoms with van der Waals surface area (Å²) in [7, 11) is 0. The van der Waals surface area contributed by atoms with E-state index in [0.29, 0.717) is 18.0 Å². The molecular weight excluding hydrogens is 290 g/mol. The highest BCUT2D eigenvalue weighted by molar-refractivity contribution is 5.81. The van der Waals surface area contributed by atoms with Gasteiger partial charge in [-0.3, -0.25) is 4.90 Å². The summed E-state index contributed by atoms with van der Waals surface area (Å²) in [4.78, 5) is 14.2. The van der Waals surface area contributed by atoms with Crippen molar-refractivity contribution in [1.29, 1.82) is 0 Å². The summed E-state index contributed by atoms with van der Waals surface area (Å²) in [5.41, 5.74) is 3.66. The van der Waals surface area contributed by atoms with Crippen LogP contribution in [0.15, 0.2) is 27.4 Å². The van der Waals surface area contributed by atoms with E-state index >= 15 is 0 Å². The Morgan fingerprint density at radius 2 is 2.00 bits per heavy atom. The summed E-state index contributed by atoms with van der Waals surface area (Å²) in [5.74, 6) is 0.476. The van der Waals surface area contributed by atoms with Crippen molar-refractivity contribution < 1.29 is 9.52 Å². The summed E-state index contributed by atoms with van der Waals surface area (Å²) in [5, 5.41) is 10.7. The molecule has 0 radical (unpaired) electrons. The fourth-order valence-electron chi connectivity index (χ4n) is 3.66. The predicted octanol–water partition coefficient (Wildman–Crippen LogP) is 3.00. The van der Waals surface area contributed by atoms with Gasteiger partial charge in [-0.2, -0.15) is 0 Å². The summed E-state index contributed by atoms with van der Waals surface area (Å²) < 4.78 is 5.38. The number of aliphatic hydroxyl groups is 1. The van der Waals surface area contributed by atoms with Gasteiger partial charge in [0.25, 0.3) is 0 Å². The second kappa shape index (κ2) is 6.46. The zero-order valence-electron chi connectivity index (χ0n) is 14.1. The molecule has 1 N–H and O–H groups in total. The molecule has 0 saturated carbocycles. The molecule has 2 unspecified atom stereocenters. The Kier molecular flexibility index (Phi) is 4.55. The van der Waals surface area contributed by atoms with Crippen molar-refractivity contribution in [2.75, 3.05) is 13.2 Å². The maximum Gasteiger partial charge on any atom is 0.336 e. The molecule has 0 spiro atoms. The maximum atomic E-state index is 11.9. The molecule has 3 rings (SSSR count). The number of fused-ring (bicyclic) bond motifs is 1. The van der Waals surface area contributed by atoms with Crippen LogP contribution in [0.3, 0.4) is 0 Å². The molecule has 0 bridgehead atoms. The van der Waals surface area contributed by atoms with Crippen LogP contribution >= 0.6 is 0 Å². The molecule has 124 valence electrons. The zero-order chi connectivity index (χ0) is 16.6. The number of aliphatic hydroxyl groups excluding tert-OH is 1. The number of likely N-dealkylation sites (tertiary alicyclic amines) is 1. The van der Waals surface area contributed by atoms with Crippen molar-refractivity contribution >= 4 is 11.0 Å². The topological polar surface area (TPSA) is 53.7 Å². The average molecular weight is 315 g/mol. The van der Waals surface area contributed by atoms with Crippen LogP contribution in [0.5, 0.6) is 0 Å². The number of hydrogen-bond acceptors (Lipinski definition) is 4. The van der Waals surface area contributed by atoms with Crippen LogP contribution in [0.25, 0.3) is 11.0 Å². The van der Waals surface area contributed by atoms with Crippen LogP contribution in [-0.2, 0) is 6.54 Å². The molecule has 1 fully saturated rings. The largest absolute Gasteiger partial charge is 0.423 e. The highest BCUT2D eigenvalue weighted by atomic mass is 16.4. The highest BCUT2D eigenvalue weighted by Gasteiger charge is 2.28. The summed E-state index contributed by atoms with van der Waals surface area (Å²) >= 11 is 0. The van der Waals surface area contributed by atoms with Gasteiger partial charge in [0.1, 0.15) is 5.58 Å². The molecule has 23 heavy (non-hydrogen) atoms. The molecule has 0 aliphatic carbocycles. The third-order valence-corrected chi connectivity index (χ3v) is 5.24. The van der Waals surface area contributed by atoms with Crippen LogP contribution in [0, 0.1) is 19.8 Å². The van der Waals surface area contributed by atoms with Crippen LogP contribution in [0.2, 0.25) is 0 Å². The van der Waals surface area contributed by atoms with Gasteiger partial charge in [0.2, 0.25) is 0 Å². The Labute approximate surface area is 136 Å². The lowest BCUT2D eigenvalue weighted by Gasteiger charge is -2.39. The molecule has 4 heteroatoms. The van der Waals surface area contributed by atoms with Gasteiger partial charge in [0, 0.05) is 24.0 Å². The van der Waals surface area contributed by atoms with Crippen molar-refractivity contribution in [3.63, 3.8) is 0 Å². The number of rotatable bonds is 3. The summed E-state index contributed by atoms with van der Waals surface area (Å²) in [6.45, 7) is 8.09. The van der Waals surface area contributed by atoms with Crippen LogP contribution in [0.1, 0.15) is 36.5 Å². The van der Waals surface area contributed by atoms with Crippen LogP contribution < -0.4 is 5.63 Å². The van der Waals surface area contributed by atoms with E-state index in [1.54, 1.807) is 6.07 Å². The Morgan fingerprint density at radius 3 is 2.74 bits per heavy atom. The molecule has 1 aromatic heterocycles. The number of piperidine rings is 1. The smallest absolute Gasteiger partial charge is 0.336 e. The average Bonchev–Trinajstić information content (AvgIpc) is 2.49. The lowest BCUT2D eigenvalue weighted by atomic mass is 9.90. The van der Waals surface area contributed by atoms with E-state index in [2.05, 4.69) is 24.8 Å². The molecule has 0 amide bonds. The molecule has 1 aliphatic rings. The molecule has 4 nitrogen and oxygen atoms in total. The monoisotopic (exact) mass is 315 g/mol. The first-order valence-corrected chi connectivity index (χ1v) is 8.38. The van der Waals surface area contributed by atoms with Gasteiger partial charge in [-0.05, 0) is 68.0 Å². The van der Waals surface area contributed by atoms with E-state index in [4.69, 9.17) is 4.42 Å². The molecule has 2 aromatic rings. The summed E-state index contributed by atoms with van der Waals surface area (Å²) in [6, 6.07) is 5.81. The van der Waals surface area contributed by atoms with Crippen molar-refractivity contribution in [1.82, 2.24) is 4.90 Å². The van der Waals surface area contributed by atoms with Gasteiger partial charge >= 0.3 is 5.63 Å². The lowest BCUT2D eigenvalue weighted by molar-refractivity contribution is 0.0474. The van der Waals surface area contributed by atoms with Gasteiger partial charge < -0.3 is 9.52 Å². The second-order valence-corrected chi connectivity index (χ2v) is 6.86. The van der Waals surface area contributed by atoms with E-state index in [1.807, 2.05) is 13.0 Å². The lowest BCUT2D eigenvalue weighted by Crippen LogP contribution is -2.46. The van der Waals surface area contributed by atoms with E-state index in [1.165, 1.54) is 5.56 Å². The van der Waals surface area contributed by atoms with Crippen molar-refractivity contribution in [3.8, 4) is 0 Å². The molecule has 2 atom stereocenters. The third-order valence-electron chi connectivity index (χ3n) is 5.24. The Hall–Kier alpha value is -1.65. The van der Waals surface area contributed by atoms with Gasteiger partial charge in [0.15, 0.2) is 0 Å². The molecular formula is C19H25NO3. The van der Waals surface area contributed by atoms with E-state index in [-0.39, 0.29) is 18.3 Å². The molecule has 1 aromatic carbocycles. The van der Waals surface area contributed by atoms with Gasteiger partial charge in [-0.1, -0.05) is 6.92 Å². The minimum absolute atomic E-state index is 0.164. The minimum Gasteiger partial charge on any atom is -0.423 e. The first-order valence-electron chi connectivity index (χ1n) is 8.38. The van der Waals surface area contributed by atoms with E-state index in [0.717, 1.165) is 35.9 Å². The predicted molar refractivity (Wildman–Crippen MR) is 91.6 cm³/mol. The van der Waals surface area contributed by atoms with Crippen molar-refractivity contribution in [2.24, 2.45) is 5.92 Å². The summed E-state index contributed by atoms with van der Waals surface area (Å²) in [6.07, 6.45) is 2.28. The molecule has 2 heterocycles. The number of hydrogen-bond donors (Lipinski definition) is 1. The Balaban J connectivity index is 2.02. The first kappa shape index (κ1) is 16.2. The quantitative estimate of drug-likeness (QED) is 0.885. The zero-order valence-corrected chi connectivity index (χ0v) is 14.1. The fourth-order valence-corrected chi connectivity index (χ4v) is 3.66. The first-order chi connectivity index (χ1) is 11.0. The standard InChI is InChI=1S/C19H25NO3/c1-12-5-4-6-20(17(12)11-21)10-15-9-19(22)23-18-8-14(3)13(2)7-16(15)18/h7-9,12,17,21H,4-6,10-11H2,1-3H3. The van der Waals surface area contributed by atoms with Gasteiger partial charge in [0.05, 0.1) is 6.61 Å². The van der Waals surface area contributed by atoms with Gasteiger partial charge in [-0.25, -0.2) is 4.79 Å². The number of aryl methyl sites for hydroxylation is 2. The normalized spacial score (nSPS) is 22.6. The maximum absolute atomic E-state index is 11.9. The Bertz CT molecular complexity index is 765. The molecule has 1 saturated heterocycles. The highest BCUT2D eigenvalue weighted by Crippen LogP contribution is 2.27. The molecule has 1 aliphatic heterocycles. The van der Waals surface area contributed by atoms with E-state index in [9.17, 15) is 9.90 Å². The number of nitrogens with zero attached hydrogens (tertiary/aromatic N) is 1. The third kappa shape index (κ3) is 3.19. The second-order valence-electron chi connectivity index (χ2n) is 6.86. The van der Waals surface area contributed by atoms with Crippen LogP contribution in [0.4, 0.5) is 0 Å². The number of benzene rings is 1. The van der Waals surface area contributed by atoms with Gasteiger partial charge in [-0.15, -0.1) is 0 Å². The van der Waals surface area contributed by atoms with Crippen LogP contribution in [-0.4, -0.2) is 29.2 Å². The van der Waals surface area contributed by atoms with Crippen molar-refractivity contribution in [2.45, 2.75) is 46.2 Å². The Morgan fingerprint density at radius 1 is 1.26 bits per heavy atom. The van der Waals surface area contributed by atoms with E-state index < -0.39 is 0 Å². The minimum atomic E-state index is -0.304. The SMILES string of the molecule is Cc1cc2oc(=O)cc(CN3CCCC(C)C3CO)c2cc1C.